The molecule has 0 bridgehead atoms. The number of nitrogens with zero attached hydrogens (tertiary/aromatic N) is 1. The molecule has 0 aromatic heterocycles. The maximum atomic E-state index is 5.53. The molecule has 18 heavy (non-hydrogen) atoms. The fourth-order valence-corrected chi connectivity index (χ4v) is 2.54. The van der Waals surface area contributed by atoms with Crippen molar-refractivity contribution >= 4 is 0 Å². The molecule has 1 aliphatic rings. The molecule has 2 N–H and O–H groups in total. The first-order valence-electron chi connectivity index (χ1n) is 7.03. The molecule has 98 valence electrons. The molecule has 2 heteroatoms. The minimum absolute atomic E-state index is 0.803. The van der Waals surface area contributed by atoms with Gasteiger partial charge in [-0.2, -0.15) is 0 Å². The van der Waals surface area contributed by atoms with E-state index < -0.39 is 0 Å². The van der Waals surface area contributed by atoms with E-state index in [1.54, 1.807) is 5.57 Å². The molecule has 1 fully saturated rings. The normalized spacial score (nSPS) is 19.3. The molecule has 0 saturated carbocycles. The SMILES string of the molecule is NCCCC=C1CCCN(Cc2ccccc2)C1. The Labute approximate surface area is 110 Å². The minimum atomic E-state index is 0.803. The lowest BCUT2D eigenvalue weighted by atomic mass is 10.0. The van der Waals surface area contributed by atoms with Gasteiger partial charge in [-0.25, -0.2) is 0 Å². The van der Waals surface area contributed by atoms with E-state index in [-0.39, 0.29) is 0 Å². The lowest BCUT2D eigenvalue weighted by Crippen LogP contribution is -2.30. The van der Waals surface area contributed by atoms with Gasteiger partial charge in [-0.15, -0.1) is 0 Å². The molecule has 2 nitrogen and oxygen atoms in total. The van der Waals surface area contributed by atoms with Gasteiger partial charge in [0.1, 0.15) is 0 Å². The van der Waals surface area contributed by atoms with Gasteiger partial charge in [0.25, 0.3) is 0 Å². The van der Waals surface area contributed by atoms with Crippen LogP contribution in [0.4, 0.5) is 0 Å². The van der Waals surface area contributed by atoms with E-state index in [0.29, 0.717) is 0 Å². The van der Waals surface area contributed by atoms with Gasteiger partial charge in [0.15, 0.2) is 0 Å². The van der Waals surface area contributed by atoms with E-state index in [9.17, 15) is 0 Å². The highest BCUT2D eigenvalue weighted by Crippen LogP contribution is 2.18. The Balaban J connectivity index is 1.85. The Morgan fingerprint density at radius 2 is 2.06 bits per heavy atom. The summed E-state index contributed by atoms with van der Waals surface area (Å²) in [6, 6.07) is 10.8. The molecule has 1 saturated heterocycles. The van der Waals surface area contributed by atoms with Crippen molar-refractivity contribution in [3.63, 3.8) is 0 Å². The highest BCUT2D eigenvalue weighted by molar-refractivity contribution is 5.15. The third-order valence-electron chi connectivity index (χ3n) is 3.49. The molecule has 1 aromatic rings. The number of nitrogens with two attached hydrogens (primary N) is 1. The Morgan fingerprint density at radius 3 is 2.83 bits per heavy atom. The number of piperidine rings is 1. The lowest BCUT2D eigenvalue weighted by Gasteiger charge is -2.28. The van der Waals surface area contributed by atoms with Crippen LogP contribution < -0.4 is 5.73 Å². The molecule has 0 unspecified atom stereocenters. The van der Waals surface area contributed by atoms with Crippen LogP contribution in [0.3, 0.4) is 0 Å². The van der Waals surface area contributed by atoms with Crippen LogP contribution in [0.5, 0.6) is 0 Å². The average molecular weight is 244 g/mol. The molecular formula is C16H24N2. The summed E-state index contributed by atoms with van der Waals surface area (Å²) in [6.07, 6.45) is 7.23. The summed E-state index contributed by atoms with van der Waals surface area (Å²) in [4.78, 5) is 2.55. The van der Waals surface area contributed by atoms with Crippen LogP contribution in [-0.4, -0.2) is 24.5 Å². The van der Waals surface area contributed by atoms with E-state index >= 15 is 0 Å². The summed E-state index contributed by atoms with van der Waals surface area (Å²) in [5, 5.41) is 0. The summed E-state index contributed by atoms with van der Waals surface area (Å²) in [5.74, 6) is 0. The van der Waals surface area contributed by atoms with Crippen molar-refractivity contribution in [1.82, 2.24) is 4.90 Å². The van der Waals surface area contributed by atoms with E-state index in [1.807, 2.05) is 0 Å². The zero-order valence-corrected chi connectivity index (χ0v) is 11.1. The Hall–Kier alpha value is -1.12. The quantitative estimate of drug-likeness (QED) is 0.637. The van der Waals surface area contributed by atoms with Crippen molar-refractivity contribution in [2.24, 2.45) is 5.73 Å². The lowest BCUT2D eigenvalue weighted by molar-refractivity contribution is 0.257. The van der Waals surface area contributed by atoms with Crippen molar-refractivity contribution in [2.75, 3.05) is 19.6 Å². The van der Waals surface area contributed by atoms with Crippen LogP contribution >= 0.6 is 0 Å². The number of likely N-dealkylation sites (tertiary alicyclic amines) is 1. The number of hydrogen-bond acceptors (Lipinski definition) is 2. The molecule has 1 aromatic carbocycles. The molecule has 0 spiro atoms. The second-order valence-electron chi connectivity index (χ2n) is 5.09. The monoisotopic (exact) mass is 244 g/mol. The highest BCUT2D eigenvalue weighted by atomic mass is 15.1. The molecule has 0 amide bonds. The van der Waals surface area contributed by atoms with Crippen LogP contribution in [-0.2, 0) is 6.54 Å². The predicted octanol–water partition coefficient (Wildman–Crippen LogP) is 2.95. The number of hydrogen-bond donors (Lipinski definition) is 1. The van der Waals surface area contributed by atoms with Crippen molar-refractivity contribution < 1.29 is 0 Å². The van der Waals surface area contributed by atoms with Gasteiger partial charge in [-0.1, -0.05) is 42.0 Å². The first kappa shape index (κ1) is 13.3. The van der Waals surface area contributed by atoms with Crippen LogP contribution in [0.1, 0.15) is 31.2 Å². The molecule has 1 heterocycles. The van der Waals surface area contributed by atoms with Crippen LogP contribution in [0, 0.1) is 0 Å². The van der Waals surface area contributed by atoms with Crippen molar-refractivity contribution in [3.05, 3.63) is 47.5 Å². The Kier molecular flexibility index (Phi) is 5.43. The number of unbranched alkanes of at least 4 members (excludes halogenated alkanes) is 1. The summed E-state index contributed by atoms with van der Waals surface area (Å²) in [6.45, 7) is 4.25. The third-order valence-corrected chi connectivity index (χ3v) is 3.49. The first-order valence-corrected chi connectivity index (χ1v) is 7.03. The van der Waals surface area contributed by atoms with E-state index in [2.05, 4.69) is 41.3 Å². The Morgan fingerprint density at radius 1 is 1.22 bits per heavy atom. The fourth-order valence-electron chi connectivity index (χ4n) is 2.54. The second kappa shape index (κ2) is 7.34. The van der Waals surface area contributed by atoms with Crippen LogP contribution in [0.2, 0.25) is 0 Å². The van der Waals surface area contributed by atoms with Crippen molar-refractivity contribution in [3.8, 4) is 0 Å². The maximum Gasteiger partial charge on any atom is 0.0237 e. The van der Waals surface area contributed by atoms with E-state index in [0.717, 1.165) is 32.5 Å². The number of benzene rings is 1. The largest absolute Gasteiger partial charge is 0.330 e. The first-order chi connectivity index (χ1) is 8.88. The van der Waals surface area contributed by atoms with Gasteiger partial charge in [0, 0.05) is 13.1 Å². The molecule has 1 aliphatic heterocycles. The van der Waals surface area contributed by atoms with Gasteiger partial charge in [0.05, 0.1) is 0 Å². The minimum Gasteiger partial charge on any atom is -0.330 e. The smallest absolute Gasteiger partial charge is 0.0237 e. The van der Waals surface area contributed by atoms with E-state index in [1.165, 1.54) is 24.9 Å². The molecule has 0 aliphatic carbocycles. The van der Waals surface area contributed by atoms with E-state index in [4.69, 9.17) is 5.73 Å². The molecule has 0 radical (unpaired) electrons. The van der Waals surface area contributed by atoms with Gasteiger partial charge < -0.3 is 5.73 Å². The maximum absolute atomic E-state index is 5.53. The summed E-state index contributed by atoms with van der Waals surface area (Å²) < 4.78 is 0. The van der Waals surface area contributed by atoms with Gasteiger partial charge in [0.2, 0.25) is 0 Å². The average Bonchev–Trinajstić information content (AvgIpc) is 2.41. The van der Waals surface area contributed by atoms with Crippen LogP contribution in [0.15, 0.2) is 42.0 Å². The van der Waals surface area contributed by atoms with Gasteiger partial charge in [-0.3, -0.25) is 4.90 Å². The summed E-state index contributed by atoms with van der Waals surface area (Å²) in [7, 11) is 0. The number of rotatable bonds is 5. The topological polar surface area (TPSA) is 29.3 Å². The third kappa shape index (κ3) is 4.28. The zero-order valence-electron chi connectivity index (χ0n) is 11.1. The molecular weight excluding hydrogens is 220 g/mol. The van der Waals surface area contributed by atoms with Crippen molar-refractivity contribution in [1.29, 1.82) is 0 Å². The summed E-state index contributed by atoms with van der Waals surface area (Å²) >= 11 is 0. The van der Waals surface area contributed by atoms with Gasteiger partial charge >= 0.3 is 0 Å². The zero-order chi connectivity index (χ0) is 12.6. The predicted molar refractivity (Wildman–Crippen MR) is 77.3 cm³/mol. The number of allylic oxidation sites excluding steroid dienone is 1. The summed E-state index contributed by atoms with van der Waals surface area (Å²) in [5.41, 5.74) is 8.55. The second-order valence-corrected chi connectivity index (χ2v) is 5.09. The highest BCUT2D eigenvalue weighted by Gasteiger charge is 2.13. The van der Waals surface area contributed by atoms with Gasteiger partial charge in [-0.05, 0) is 44.3 Å². The molecule has 2 rings (SSSR count). The van der Waals surface area contributed by atoms with Crippen LogP contribution in [0.25, 0.3) is 0 Å². The fraction of sp³-hybridized carbons (Fsp3) is 0.500. The molecule has 0 atom stereocenters. The van der Waals surface area contributed by atoms with Crippen molar-refractivity contribution in [2.45, 2.75) is 32.2 Å². The Bertz CT molecular complexity index is 370. The standard InChI is InChI=1S/C16H24N2/c17-11-5-4-9-16-10-6-12-18(14-16)13-15-7-2-1-3-8-15/h1-3,7-9H,4-6,10-14,17H2.